The monoisotopic (exact) mass is 317 g/mol. The molecule has 3 rings (SSSR count). The van der Waals surface area contributed by atoms with Crippen LogP contribution in [0.3, 0.4) is 0 Å². The first-order valence-corrected chi connectivity index (χ1v) is 8.71. The molecule has 0 bridgehead atoms. The predicted molar refractivity (Wildman–Crippen MR) is 92.5 cm³/mol. The van der Waals surface area contributed by atoms with Crippen LogP contribution in [0.4, 0.5) is 5.69 Å². The molecule has 1 amide bonds. The van der Waals surface area contributed by atoms with Gasteiger partial charge < -0.3 is 10.2 Å². The molecule has 0 aliphatic carbocycles. The smallest absolute Gasteiger partial charge is 0.225 e. The lowest BCUT2D eigenvalue weighted by Crippen LogP contribution is -2.50. The fourth-order valence-corrected chi connectivity index (χ4v) is 3.72. The van der Waals surface area contributed by atoms with Crippen molar-refractivity contribution in [3.63, 3.8) is 0 Å². The van der Waals surface area contributed by atoms with E-state index in [1.54, 1.807) is 11.3 Å². The molecule has 0 radical (unpaired) electrons. The molecular weight excluding hydrogens is 294 g/mol. The average Bonchev–Trinajstić information content (AvgIpc) is 2.94. The summed E-state index contributed by atoms with van der Waals surface area (Å²) in [4.78, 5) is 19.0. The highest BCUT2D eigenvalue weighted by Gasteiger charge is 2.27. The Balaban J connectivity index is 1.76. The normalized spacial score (nSPS) is 19.4. The zero-order valence-electron chi connectivity index (χ0n) is 13.4. The van der Waals surface area contributed by atoms with Crippen LogP contribution in [-0.4, -0.2) is 30.0 Å². The summed E-state index contributed by atoms with van der Waals surface area (Å²) in [5.74, 6) is 0.135. The van der Waals surface area contributed by atoms with Crippen molar-refractivity contribution in [2.45, 2.75) is 39.7 Å². The number of fused-ring (bicyclic) bond motifs is 1. The molecule has 1 N–H and O–H groups in total. The van der Waals surface area contributed by atoms with E-state index in [9.17, 15) is 4.79 Å². The number of hydrogen-bond donors (Lipinski definition) is 1. The van der Waals surface area contributed by atoms with Crippen molar-refractivity contribution in [3.8, 4) is 0 Å². The molecule has 0 aromatic carbocycles. The summed E-state index contributed by atoms with van der Waals surface area (Å²) < 4.78 is 1.24. The van der Waals surface area contributed by atoms with Crippen LogP contribution in [0.2, 0.25) is 0 Å². The summed E-state index contributed by atoms with van der Waals surface area (Å²) in [5.41, 5.74) is 1.97. The van der Waals surface area contributed by atoms with Gasteiger partial charge in [-0.1, -0.05) is 20.8 Å². The fraction of sp³-hybridized carbons (Fsp3) is 0.529. The first-order chi connectivity index (χ1) is 10.4. The number of aromatic nitrogens is 1. The van der Waals surface area contributed by atoms with Gasteiger partial charge in [0.25, 0.3) is 0 Å². The van der Waals surface area contributed by atoms with Gasteiger partial charge in [-0.3, -0.25) is 9.78 Å². The minimum Gasteiger partial charge on any atom is -0.368 e. The summed E-state index contributed by atoms with van der Waals surface area (Å²) in [5, 5.41) is 5.29. The number of hydrogen-bond acceptors (Lipinski definition) is 4. The second-order valence-corrected chi connectivity index (χ2v) is 7.89. The van der Waals surface area contributed by atoms with Crippen molar-refractivity contribution >= 4 is 33.1 Å². The molecular formula is C17H23N3OS. The van der Waals surface area contributed by atoms with Gasteiger partial charge in [0, 0.05) is 30.7 Å². The molecule has 2 aromatic rings. The highest BCUT2D eigenvalue weighted by Crippen LogP contribution is 2.31. The van der Waals surface area contributed by atoms with Crippen molar-refractivity contribution in [1.29, 1.82) is 0 Å². The van der Waals surface area contributed by atoms with Crippen LogP contribution in [-0.2, 0) is 4.79 Å². The number of thiophene rings is 1. The third kappa shape index (κ3) is 3.09. The van der Waals surface area contributed by atoms with Crippen LogP contribution >= 0.6 is 11.3 Å². The zero-order chi connectivity index (χ0) is 15.7. The van der Waals surface area contributed by atoms with Gasteiger partial charge >= 0.3 is 0 Å². The van der Waals surface area contributed by atoms with Crippen molar-refractivity contribution in [3.05, 3.63) is 23.7 Å². The van der Waals surface area contributed by atoms with Gasteiger partial charge in [-0.2, -0.15) is 0 Å². The van der Waals surface area contributed by atoms with Gasteiger partial charge in [0.15, 0.2) is 0 Å². The first-order valence-electron chi connectivity index (χ1n) is 7.83. The van der Waals surface area contributed by atoms with Gasteiger partial charge in [0.2, 0.25) is 5.91 Å². The molecule has 1 aliphatic rings. The Morgan fingerprint density at radius 3 is 3.00 bits per heavy atom. The Kier molecular flexibility index (Phi) is 4.08. The largest absolute Gasteiger partial charge is 0.368 e. The van der Waals surface area contributed by atoms with E-state index in [0.29, 0.717) is 0 Å². The molecule has 4 nitrogen and oxygen atoms in total. The fourth-order valence-electron chi connectivity index (χ4n) is 2.82. The van der Waals surface area contributed by atoms with Gasteiger partial charge in [-0.05, 0) is 30.4 Å². The zero-order valence-corrected chi connectivity index (χ0v) is 14.2. The van der Waals surface area contributed by atoms with E-state index >= 15 is 0 Å². The van der Waals surface area contributed by atoms with E-state index in [-0.39, 0.29) is 17.4 Å². The lowest BCUT2D eigenvalue weighted by Gasteiger charge is -2.36. The summed E-state index contributed by atoms with van der Waals surface area (Å²) in [6.07, 6.45) is 4.03. The van der Waals surface area contributed by atoms with Crippen LogP contribution in [0.15, 0.2) is 23.7 Å². The average molecular weight is 317 g/mol. The third-order valence-electron chi connectivity index (χ3n) is 4.10. The standard InChI is InChI=1S/C17H23N3OS/c1-17(2,3)16(21)19-12-5-4-9-20(11-12)14-6-8-18-13-7-10-22-15(13)14/h6-8,10,12H,4-5,9,11H2,1-3H3,(H,19,21). The predicted octanol–water partition coefficient (Wildman–Crippen LogP) is 3.43. The maximum Gasteiger partial charge on any atom is 0.225 e. The Bertz CT molecular complexity index is 674. The number of nitrogens with one attached hydrogen (secondary N) is 1. The van der Waals surface area contributed by atoms with E-state index in [2.05, 4.69) is 32.7 Å². The molecule has 1 aliphatic heterocycles. The number of nitrogens with zero attached hydrogens (tertiary/aromatic N) is 2. The van der Waals surface area contributed by atoms with Crippen LogP contribution in [0.25, 0.3) is 10.2 Å². The maximum atomic E-state index is 12.2. The molecule has 2 aromatic heterocycles. The molecule has 1 atom stereocenters. The van der Waals surface area contributed by atoms with Crippen LogP contribution in [0, 0.1) is 5.41 Å². The Labute approximate surface area is 135 Å². The minimum atomic E-state index is -0.333. The number of carbonyl (C=O) groups is 1. The number of anilines is 1. The number of carbonyl (C=O) groups excluding carboxylic acids is 1. The van der Waals surface area contributed by atoms with E-state index < -0.39 is 0 Å². The molecule has 3 heterocycles. The van der Waals surface area contributed by atoms with Crippen LogP contribution in [0.1, 0.15) is 33.6 Å². The maximum absolute atomic E-state index is 12.2. The van der Waals surface area contributed by atoms with Gasteiger partial charge in [-0.25, -0.2) is 0 Å². The number of amides is 1. The van der Waals surface area contributed by atoms with Crippen LogP contribution < -0.4 is 10.2 Å². The summed E-state index contributed by atoms with van der Waals surface area (Å²) in [6.45, 7) is 7.79. The Morgan fingerprint density at radius 1 is 1.41 bits per heavy atom. The molecule has 1 fully saturated rings. The molecule has 1 unspecified atom stereocenters. The molecule has 0 spiro atoms. The van der Waals surface area contributed by atoms with E-state index in [1.165, 1.54) is 10.4 Å². The summed E-state index contributed by atoms with van der Waals surface area (Å²) in [6, 6.07) is 4.38. The number of pyridine rings is 1. The highest BCUT2D eigenvalue weighted by atomic mass is 32.1. The summed E-state index contributed by atoms with van der Waals surface area (Å²) in [7, 11) is 0. The third-order valence-corrected chi connectivity index (χ3v) is 5.03. The van der Waals surface area contributed by atoms with Crippen molar-refractivity contribution in [1.82, 2.24) is 10.3 Å². The van der Waals surface area contributed by atoms with Gasteiger partial charge in [0.1, 0.15) is 0 Å². The van der Waals surface area contributed by atoms with Crippen LogP contribution in [0.5, 0.6) is 0 Å². The second-order valence-electron chi connectivity index (χ2n) is 6.97. The topological polar surface area (TPSA) is 45.2 Å². The molecule has 0 saturated carbocycles. The van der Waals surface area contributed by atoms with E-state index in [0.717, 1.165) is 31.4 Å². The first kappa shape index (κ1) is 15.3. The Hall–Kier alpha value is -1.62. The SMILES string of the molecule is CC(C)(C)C(=O)NC1CCCN(c2ccnc3ccsc23)C1. The number of piperidine rings is 1. The van der Waals surface area contributed by atoms with Gasteiger partial charge in [0.05, 0.1) is 15.9 Å². The van der Waals surface area contributed by atoms with Crippen molar-refractivity contribution < 1.29 is 4.79 Å². The van der Waals surface area contributed by atoms with E-state index in [4.69, 9.17) is 0 Å². The van der Waals surface area contributed by atoms with Crippen molar-refractivity contribution in [2.75, 3.05) is 18.0 Å². The summed E-state index contributed by atoms with van der Waals surface area (Å²) >= 11 is 1.74. The number of rotatable bonds is 2. The minimum absolute atomic E-state index is 0.135. The Morgan fingerprint density at radius 2 is 2.23 bits per heavy atom. The molecule has 5 heteroatoms. The molecule has 22 heavy (non-hydrogen) atoms. The van der Waals surface area contributed by atoms with Crippen molar-refractivity contribution in [2.24, 2.45) is 5.41 Å². The molecule has 118 valence electrons. The quantitative estimate of drug-likeness (QED) is 0.923. The molecule has 1 saturated heterocycles. The van der Waals surface area contributed by atoms with E-state index in [1.807, 2.05) is 27.0 Å². The lowest BCUT2D eigenvalue weighted by atomic mass is 9.94. The van der Waals surface area contributed by atoms with Gasteiger partial charge in [-0.15, -0.1) is 11.3 Å². The highest BCUT2D eigenvalue weighted by molar-refractivity contribution is 7.17. The second kappa shape index (κ2) is 5.88. The lowest BCUT2D eigenvalue weighted by molar-refractivity contribution is -0.129.